The fourth-order valence-electron chi connectivity index (χ4n) is 2.91. The Morgan fingerprint density at radius 3 is 2.43 bits per heavy atom. The number of carbonyl (C=O) groups excluding carboxylic acids is 1. The minimum atomic E-state index is -3.31. The number of benzene rings is 2. The number of methoxy groups -OCH3 is 2. The molecule has 0 unspecified atom stereocenters. The summed E-state index contributed by atoms with van der Waals surface area (Å²) in [4.78, 5) is 12.3. The molecule has 160 valence electrons. The number of hydrogen-bond acceptors (Lipinski definition) is 7. The maximum absolute atomic E-state index is 12.3. The number of rotatable bonds is 8. The van der Waals surface area contributed by atoms with E-state index in [4.69, 9.17) is 9.47 Å². The number of nitrogens with one attached hydrogen (secondary N) is 1. The molecule has 1 amide bonds. The molecular formula is C20H23N3O5S2. The van der Waals surface area contributed by atoms with E-state index in [1.165, 1.54) is 16.8 Å². The van der Waals surface area contributed by atoms with Crippen LogP contribution in [0.3, 0.4) is 0 Å². The molecule has 0 saturated carbocycles. The van der Waals surface area contributed by atoms with Crippen molar-refractivity contribution in [1.29, 1.82) is 0 Å². The number of amides is 1. The number of hydrazone groups is 1. The minimum absolute atomic E-state index is 0.102. The van der Waals surface area contributed by atoms with Crippen LogP contribution in [-0.2, 0) is 16.4 Å². The van der Waals surface area contributed by atoms with Crippen molar-refractivity contribution in [3.63, 3.8) is 0 Å². The number of hydrogen-bond donors (Lipinski definition) is 1. The molecule has 0 radical (unpaired) electrons. The van der Waals surface area contributed by atoms with Gasteiger partial charge in [-0.15, -0.1) is 0 Å². The Bertz CT molecular complexity index is 1050. The Labute approximate surface area is 180 Å². The lowest BCUT2D eigenvalue weighted by molar-refractivity contribution is 0.225. The molecule has 0 fully saturated rings. The average molecular weight is 450 g/mol. The molecule has 0 aromatic heterocycles. The number of thioether (sulfide) groups is 1. The smallest absolute Gasteiger partial charge is 0.302 e. The van der Waals surface area contributed by atoms with Gasteiger partial charge in [0.25, 0.3) is 0 Å². The van der Waals surface area contributed by atoms with E-state index in [2.05, 4.69) is 9.82 Å². The van der Waals surface area contributed by atoms with Gasteiger partial charge in [0.1, 0.15) is 0 Å². The Morgan fingerprint density at radius 1 is 1.10 bits per heavy atom. The van der Waals surface area contributed by atoms with Crippen molar-refractivity contribution in [2.24, 2.45) is 5.10 Å². The van der Waals surface area contributed by atoms with Crippen LogP contribution in [0.1, 0.15) is 11.1 Å². The Kier molecular flexibility index (Phi) is 6.88. The molecule has 1 heterocycles. The van der Waals surface area contributed by atoms with Crippen LogP contribution in [0, 0.1) is 0 Å². The van der Waals surface area contributed by atoms with Gasteiger partial charge < -0.3 is 9.47 Å². The van der Waals surface area contributed by atoms with Gasteiger partial charge >= 0.3 is 5.24 Å². The zero-order valence-corrected chi connectivity index (χ0v) is 18.5. The van der Waals surface area contributed by atoms with Crippen molar-refractivity contribution < 1.29 is 22.7 Å². The van der Waals surface area contributed by atoms with Gasteiger partial charge in [-0.3, -0.25) is 9.52 Å². The van der Waals surface area contributed by atoms with Crippen LogP contribution in [0.25, 0.3) is 0 Å². The Morgan fingerprint density at radius 2 is 1.80 bits per heavy atom. The lowest BCUT2D eigenvalue weighted by Crippen LogP contribution is -2.31. The fourth-order valence-corrected chi connectivity index (χ4v) is 4.24. The third-order valence-electron chi connectivity index (χ3n) is 4.37. The summed E-state index contributed by atoms with van der Waals surface area (Å²) < 4.78 is 35.6. The highest BCUT2D eigenvalue weighted by atomic mass is 32.2. The number of ether oxygens (including phenoxy) is 2. The van der Waals surface area contributed by atoms with Crippen molar-refractivity contribution in [3.8, 4) is 11.5 Å². The molecule has 1 aliphatic heterocycles. The van der Waals surface area contributed by atoms with Crippen LogP contribution < -0.4 is 14.2 Å². The average Bonchev–Trinajstić information content (AvgIpc) is 2.72. The minimum Gasteiger partial charge on any atom is -0.493 e. The normalized spacial score (nSPS) is 14.3. The molecule has 3 rings (SSSR count). The molecule has 0 bridgehead atoms. The quantitative estimate of drug-likeness (QED) is 0.665. The van der Waals surface area contributed by atoms with Gasteiger partial charge in [-0.1, -0.05) is 23.9 Å². The van der Waals surface area contributed by atoms with E-state index >= 15 is 0 Å². The second-order valence-electron chi connectivity index (χ2n) is 6.62. The molecule has 0 aliphatic carbocycles. The molecule has 10 heteroatoms. The van der Waals surface area contributed by atoms with Crippen molar-refractivity contribution >= 4 is 38.4 Å². The second-order valence-corrected chi connectivity index (χ2v) is 9.29. The van der Waals surface area contributed by atoms with Gasteiger partial charge in [0.05, 0.1) is 26.2 Å². The van der Waals surface area contributed by atoms with Crippen LogP contribution in [0.2, 0.25) is 0 Å². The van der Waals surface area contributed by atoms with Gasteiger partial charge in [-0.05, 0) is 42.3 Å². The molecule has 0 saturated heterocycles. The highest BCUT2D eigenvalue weighted by molar-refractivity contribution is 8.14. The summed E-state index contributed by atoms with van der Waals surface area (Å²) in [5.74, 6) is 1.72. The molecule has 2 aromatic carbocycles. The van der Waals surface area contributed by atoms with Gasteiger partial charge in [0.2, 0.25) is 10.0 Å². The lowest BCUT2D eigenvalue weighted by Gasteiger charge is -2.23. The van der Waals surface area contributed by atoms with E-state index in [9.17, 15) is 13.2 Å². The lowest BCUT2D eigenvalue weighted by atomic mass is 10.1. The van der Waals surface area contributed by atoms with Gasteiger partial charge in [-0.2, -0.15) is 5.10 Å². The van der Waals surface area contributed by atoms with Crippen LogP contribution in [-0.4, -0.2) is 57.2 Å². The van der Waals surface area contributed by atoms with Crippen molar-refractivity contribution in [2.45, 2.75) is 6.42 Å². The summed E-state index contributed by atoms with van der Waals surface area (Å²) in [5, 5.41) is 5.90. The monoisotopic (exact) mass is 449 g/mol. The molecule has 8 nitrogen and oxygen atoms in total. The summed E-state index contributed by atoms with van der Waals surface area (Å²) in [5.41, 5.74) is 3.13. The first-order valence-electron chi connectivity index (χ1n) is 9.10. The number of anilines is 1. The first-order chi connectivity index (χ1) is 14.3. The standard InChI is InChI=1S/C20H23N3O5S2/c1-27-18-9-6-15(12-19(18)28-2)17-13-29-20(24)23(21-17)11-10-14-4-7-16(8-5-14)22-30(3,25)26/h4-9,12,22H,10-11,13H2,1-3H3. The maximum atomic E-state index is 12.3. The fraction of sp³-hybridized carbons (Fsp3) is 0.300. The Balaban J connectivity index is 1.70. The summed E-state index contributed by atoms with van der Waals surface area (Å²) >= 11 is 1.20. The highest BCUT2D eigenvalue weighted by Gasteiger charge is 2.22. The Hall–Kier alpha value is -2.72. The van der Waals surface area contributed by atoms with E-state index in [0.717, 1.165) is 23.1 Å². The molecule has 2 aromatic rings. The first kappa shape index (κ1) is 22.0. The van der Waals surface area contributed by atoms with Crippen molar-refractivity contribution in [3.05, 3.63) is 53.6 Å². The predicted octanol–water partition coefficient (Wildman–Crippen LogP) is 3.19. The van der Waals surface area contributed by atoms with Crippen LogP contribution in [0.4, 0.5) is 10.5 Å². The van der Waals surface area contributed by atoms with Gasteiger partial charge in [0, 0.05) is 23.5 Å². The molecule has 0 spiro atoms. The van der Waals surface area contributed by atoms with E-state index in [-0.39, 0.29) is 5.24 Å². The third kappa shape index (κ3) is 5.67. The highest BCUT2D eigenvalue weighted by Crippen LogP contribution is 2.29. The number of carbonyl (C=O) groups is 1. The van der Waals surface area contributed by atoms with Gasteiger partial charge in [0.15, 0.2) is 11.5 Å². The van der Waals surface area contributed by atoms with Crippen LogP contribution in [0.15, 0.2) is 47.6 Å². The SMILES string of the molecule is COc1ccc(C2=NN(CCc3ccc(NS(C)(=O)=O)cc3)C(=O)SC2)cc1OC. The van der Waals surface area contributed by atoms with Crippen molar-refractivity contribution in [1.82, 2.24) is 5.01 Å². The van der Waals surface area contributed by atoms with Crippen LogP contribution >= 0.6 is 11.8 Å². The zero-order valence-electron chi connectivity index (χ0n) is 16.9. The van der Waals surface area contributed by atoms with E-state index in [0.29, 0.717) is 35.9 Å². The number of sulfonamides is 1. The second kappa shape index (κ2) is 9.40. The van der Waals surface area contributed by atoms with Gasteiger partial charge in [-0.25, -0.2) is 13.4 Å². The summed E-state index contributed by atoms with van der Waals surface area (Å²) in [6, 6.07) is 12.6. The third-order valence-corrected chi connectivity index (χ3v) is 5.85. The summed E-state index contributed by atoms with van der Waals surface area (Å²) in [7, 11) is -0.155. The molecule has 30 heavy (non-hydrogen) atoms. The first-order valence-corrected chi connectivity index (χ1v) is 12.0. The number of nitrogens with zero attached hydrogens (tertiary/aromatic N) is 2. The molecule has 0 atom stereocenters. The van der Waals surface area contributed by atoms with Crippen LogP contribution in [0.5, 0.6) is 11.5 Å². The molecule has 1 N–H and O–H groups in total. The van der Waals surface area contributed by atoms with Crippen molar-refractivity contribution in [2.75, 3.05) is 37.5 Å². The topological polar surface area (TPSA) is 97.3 Å². The largest absolute Gasteiger partial charge is 0.493 e. The summed E-state index contributed by atoms with van der Waals surface area (Å²) in [6.07, 6.45) is 1.70. The van der Waals surface area contributed by atoms with E-state index in [1.54, 1.807) is 26.4 Å². The van der Waals surface area contributed by atoms with E-state index in [1.807, 2.05) is 30.3 Å². The molecule has 1 aliphatic rings. The zero-order chi connectivity index (χ0) is 21.7. The maximum Gasteiger partial charge on any atom is 0.302 e. The predicted molar refractivity (Wildman–Crippen MR) is 119 cm³/mol. The summed E-state index contributed by atoms with van der Waals surface area (Å²) in [6.45, 7) is 0.418. The van der Waals surface area contributed by atoms with E-state index < -0.39 is 10.0 Å². The molecular weight excluding hydrogens is 426 g/mol.